The molecule has 0 saturated heterocycles. The first-order valence-electron chi connectivity index (χ1n) is 7.28. The van der Waals surface area contributed by atoms with Gasteiger partial charge in [-0.1, -0.05) is 18.2 Å². The van der Waals surface area contributed by atoms with E-state index >= 15 is 0 Å². The minimum Gasteiger partial charge on any atom is -0.459 e. The Bertz CT molecular complexity index is 831. The smallest absolute Gasteiger partial charge is 0.307 e. The largest absolute Gasteiger partial charge is 0.459 e. The van der Waals surface area contributed by atoms with Crippen molar-refractivity contribution in [2.75, 3.05) is 0 Å². The molecule has 0 radical (unpaired) electrons. The molecule has 0 aliphatic heterocycles. The summed E-state index contributed by atoms with van der Waals surface area (Å²) >= 11 is 0. The summed E-state index contributed by atoms with van der Waals surface area (Å²) in [6.07, 6.45) is 3.09. The fourth-order valence-corrected chi connectivity index (χ4v) is 2.52. The van der Waals surface area contributed by atoms with Crippen LogP contribution in [0, 0.1) is 13.8 Å². The molecule has 1 aromatic carbocycles. The highest BCUT2D eigenvalue weighted by molar-refractivity contribution is 5.92. The van der Waals surface area contributed by atoms with Gasteiger partial charge in [0.1, 0.15) is 0 Å². The van der Waals surface area contributed by atoms with Crippen LogP contribution >= 0.6 is 0 Å². The first kappa shape index (κ1) is 14.8. The molecule has 0 bridgehead atoms. The number of hydrazone groups is 1. The summed E-state index contributed by atoms with van der Waals surface area (Å²) in [5.41, 5.74) is 6.67. The van der Waals surface area contributed by atoms with E-state index in [2.05, 4.69) is 27.2 Å². The number of benzene rings is 1. The number of aryl methyl sites for hydroxylation is 1. The normalized spacial score (nSPS) is 11.0. The Morgan fingerprint density at radius 1 is 1.17 bits per heavy atom. The maximum atomic E-state index is 11.8. The number of rotatable bonds is 4. The lowest BCUT2D eigenvalue weighted by molar-refractivity contribution is 0.0927. The van der Waals surface area contributed by atoms with Crippen molar-refractivity contribution in [2.24, 2.45) is 5.10 Å². The predicted octanol–water partition coefficient (Wildman–Crippen LogP) is 3.45. The summed E-state index contributed by atoms with van der Waals surface area (Å²) in [6, 6.07) is 15.4. The van der Waals surface area contributed by atoms with Crippen molar-refractivity contribution in [2.45, 2.75) is 13.8 Å². The van der Waals surface area contributed by atoms with E-state index in [1.807, 2.05) is 38.1 Å². The number of nitrogens with one attached hydrogen (secondary N) is 1. The van der Waals surface area contributed by atoms with Gasteiger partial charge in [-0.2, -0.15) is 5.10 Å². The highest BCUT2D eigenvalue weighted by Crippen LogP contribution is 2.19. The molecule has 0 aliphatic rings. The van der Waals surface area contributed by atoms with Crippen LogP contribution in [0.25, 0.3) is 5.69 Å². The Hall–Kier alpha value is -3.08. The third-order valence-corrected chi connectivity index (χ3v) is 3.60. The minimum atomic E-state index is -0.372. The minimum absolute atomic E-state index is 0.233. The molecule has 23 heavy (non-hydrogen) atoms. The van der Waals surface area contributed by atoms with Crippen LogP contribution in [-0.2, 0) is 0 Å². The van der Waals surface area contributed by atoms with Gasteiger partial charge in [-0.25, -0.2) is 5.43 Å². The van der Waals surface area contributed by atoms with E-state index in [0.29, 0.717) is 0 Å². The summed E-state index contributed by atoms with van der Waals surface area (Å²) in [5.74, 6) is -0.139. The summed E-state index contributed by atoms with van der Waals surface area (Å²) < 4.78 is 7.16. The van der Waals surface area contributed by atoms with Crippen molar-refractivity contribution >= 4 is 12.1 Å². The van der Waals surface area contributed by atoms with Gasteiger partial charge in [0.25, 0.3) is 0 Å². The Kier molecular flexibility index (Phi) is 4.10. The SMILES string of the molecule is Cc1cc(/C=N/NC(=O)c2ccco2)c(C)n1-c1ccccc1. The quantitative estimate of drug-likeness (QED) is 0.593. The first-order chi connectivity index (χ1) is 11.2. The van der Waals surface area contributed by atoms with Gasteiger partial charge < -0.3 is 8.98 Å². The Labute approximate surface area is 134 Å². The third kappa shape index (κ3) is 3.08. The fraction of sp³-hybridized carbons (Fsp3) is 0.111. The van der Waals surface area contributed by atoms with Crippen LogP contribution in [0.15, 0.2) is 64.3 Å². The summed E-state index contributed by atoms with van der Waals surface area (Å²) in [5, 5.41) is 4.01. The zero-order valence-corrected chi connectivity index (χ0v) is 13.0. The average Bonchev–Trinajstić information content (AvgIpc) is 3.17. The number of carbonyl (C=O) groups excluding carboxylic acids is 1. The summed E-state index contributed by atoms with van der Waals surface area (Å²) in [6.45, 7) is 4.06. The number of amides is 1. The average molecular weight is 307 g/mol. The number of hydrogen-bond donors (Lipinski definition) is 1. The number of para-hydroxylation sites is 1. The zero-order valence-electron chi connectivity index (χ0n) is 13.0. The lowest BCUT2D eigenvalue weighted by Gasteiger charge is -2.08. The van der Waals surface area contributed by atoms with Crippen molar-refractivity contribution in [1.29, 1.82) is 0 Å². The topological polar surface area (TPSA) is 59.5 Å². The van der Waals surface area contributed by atoms with E-state index in [-0.39, 0.29) is 11.7 Å². The molecule has 0 unspecified atom stereocenters. The van der Waals surface area contributed by atoms with Crippen LogP contribution in [-0.4, -0.2) is 16.7 Å². The third-order valence-electron chi connectivity index (χ3n) is 3.60. The molecule has 1 N–H and O–H groups in total. The van der Waals surface area contributed by atoms with Crippen LogP contribution in [0.4, 0.5) is 0 Å². The molecule has 0 aliphatic carbocycles. The zero-order chi connectivity index (χ0) is 16.2. The molecule has 0 atom stereocenters. The Morgan fingerprint density at radius 2 is 1.96 bits per heavy atom. The van der Waals surface area contributed by atoms with Crippen LogP contribution in [0.5, 0.6) is 0 Å². The molecule has 2 heterocycles. The Balaban J connectivity index is 1.79. The number of aromatic nitrogens is 1. The van der Waals surface area contributed by atoms with Crippen molar-refractivity contribution in [3.05, 3.63) is 77.5 Å². The molecule has 0 fully saturated rings. The highest BCUT2D eigenvalue weighted by atomic mass is 16.3. The summed E-state index contributed by atoms with van der Waals surface area (Å²) in [4.78, 5) is 11.8. The molecule has 1 amide bonds. The van der Waals surface area contributed by atoms with E-state index in [4.69, 9.17) is 4.42 Å². The summed E-state index contributed by atoms with van der Waals surface area (Å²) in [7, 11) is 0. The molecule has 2 aromatic heterocycles. The molecular formula is C18H17N3O2. The van der Waals surface area contributed by atoms with E-state index < -0.39 is 0 Å². The monoisotopic (exact) mass is 307 g/mol. The number of hydrogen-bond acceptors (Lipinski definition) is 3. The maximum absolute atomic E-state index is 11.8. The molecule has 116 valence electrons. The van der Waals surface area contributed by atoms with Crippen molar-refractivity contribution in [1.82, 2.24) is 9.99 Å². The van der Waals surface area contributed by atoms with Gasteiger partial charge in [0.05, 0.1) is 12.5 Å². The van der Waals surface area contributed by atoms with Crippen molar-refractivity contribution in [3.63, 3.8) is 0 Å². The van der Waals surface area contributed by atoms with Crippen LogP contribution in [0.2, 0.25) is 0 Å². The van der Waals surface area contributed by atoms with Gasteiger partial charge in [0, 0.05) is 22.6 Å². The van der Waals surface area contributed by atoms with Gasteiger partial charge in [-0.05, 0) is 44.2 Å². The first-order valence-corrected chi connectivity index (χ1v) is 7.28. The van der Waals surface area contributed by atoms with E-state index in [0.717, 1.165) is 22.6 Å². The number of furan rings is 1. The van der Waals surface area contributed by atoms with E-state index in [9.17, 15) is 4.79 Å². The van der Waals surface area contributed by atoms with Crippen LogP contribution < -0.4 is 5.43 Å². The second-order valence-electron chi connectivity index (χ2n) is 5.17. The molecule has 5 nitrogen and oxygen atoms in total. The Morgan fingerprint density at radius 3 is 2.65 bits per heavy atom. The van der Waals surface area contributed by atoms with Gasteiger partial charge in [0.15, 0.2) is 5.76 Å². The molecule has 3 aromatic rings. The fourth-order valence-electron chi connectivity index (χ4n) is 2.52. The lowest BCUT2D eigenvalue weighted by atomic mass is 10.2. The van der Waals surface area contributed by atoms with Gasteiger partial charge in [-0.3, -0.25) is 4.79 Å². The second-order valence-corrected chi connectivity index (χ2v) is 5.17. The molecule has 3 rings (SSSR count). The molecule has 0 saturated carbocycles. The van der Waals surface area contributed by atoms with Crippen molar-refractivity contribution < 1.29 is 9.21 Å². The highest BCUT2D eigenvalue weighted by Gasteiger charge is 2.10. The lowest BCUT2D eigenvalue weighted by Crippen LogP contribution is -2.16. The number of carbonyl (C=O) groups is 1. The van der Waals surface area contributed by atoms with Crippen LogP contribution in [0.3, 0.4) is 0 Å². The van der Waals surface area contributed by atoms with Gasteiger partial charge in [-0.15, -0.1) is 0 Å². The standard InChI is InChI=1S/C18H17N3O2/c1-13-11-15(12-19-20-18(22)17-9-6-10-23-17)14(2)21(13)16-7-4-3-5-8-16/h3-12H,1-2H3,(H,20,22)/b19-12+. The van der Waals surface area contributed by atoms with E-state index in [1.54, 1.807) is 18.3 Å². The molecule has 0 spiro atoms. The second kappa shape index (κ2) is 6.36. The predicted molar refractivity (Wildman–Crippen MR) is 89.0 cm³/mol. The van der Waals surface area contributed by atoms with E-state index in [1.165, 1.54) is 6.26 Å². The number of nitrogens with zero attached hydrogens (tertiary/aromatic N) is 2. The maximum Gasteiger partial charge on any atom is 0.307 e. The van der Waals surface area contributed by atoms with Crippen molar-refractivity contribution in [3.8, 4) is 5.69 Å². The van der Waals surface area contributed by atoms with Crippen LogP contribution in [0.1, 0.15) is 27.5 Å². The molecular weight excluding hydrogens is 290 g/mol. The van der Waals surface area contributed by atoms with Gasteiger partial charge >= 0.3 is 5.91 Å². The van der Waals surface area contributed by atoms with Gasteiger partial charge in [0.2, 0.25) is 0 Å². The molecule has 5 heteroatoms.